The molecular formula is C17H24ClF3N4O2S. The summed E-state index contributed by atoms with van der Waals surface area (Å²) in [6.07, 6.45) is 1.09. The molecule has 1 aromatic rings. The summed E-state index contributed by atoms with van der Waals surface area (Å²) in [5, 5.41) is 3.11. The van der Waals surface area contributed by atoms with Gasteiger partial charge >= 0.3 is 6.18 Å². The van der Waals surface area contributed by atoms with Crippen molar-refractivity contribution in [2.45, 2.75) is 44.4 Å². The lowest BCUT2D eigenvalue weighted by Gasteiger charge is -2.27. The smallest absolute Gasteiger partial charge is 0.351 e. The first-order valence-corrected chi connectivity index (χ1v) is 11.1. The second-order valence-corrected chi connectivity index (χ2v) is 10.2. The molecule has 3 fully saturated rings. The zero-order chi connectivity index (χ0) is 19.2. The van der Waals surface area contributed by atoms with Crippen LogP contribution in [-0.4, -0.2) is 53.9 Å². The second kappa shape index (κ2) is 7.95. The summed E-state index contributed by atoms with van der Waals surface area (Å²) in [7, 11) is -3.08. The Labute approximate surface area is 168 Å². The molecule has 3 aliphatic rings. The summed E-state index contributed by atoms with van der Waals surface area (Å²) in [6.45, 7) is 0.453. The molecule has 2 saturated carbocycles. The Kier molecular flexibility index (Phi) is 6.12. The van der Waals surface area contributed by atoms with Crippen LogP contribution < -0.4 is 5.32 Å². The van der Waals surface area contributed by atoms with E-state index in [0.29, 0.717) is 11.8 Å². The minimum absolute atomic E-state index is 0. The molecule has 11 heteroatoms. The molecule has 2 aliphatic carbocycles. The third kappa shape index (κ3) is 4.71. The van der Waals surface area contributed by atoms with Crippen LogP contribution in [0.25, 0.3) is 0 Å². The second-order valence-electron chi connectivity index (χ2n) is 7.92. The normalized spacial score (nSPS) is 29.5. The van der Waals surface area contributed by atoms with E-state index in [4.69, 9.17) is 0 Å². The van der Waals surface area contributed by atoms with E-state index in [1.807, 2.05) is 0 Å². The van der Waals surface area contributed by atoms with Crippen LogP contribution in [0.15, 0.2) is 6.20 Å². The molecule has 0 radical (unpaired) electrons. The van der Waals surface area contributed by atoms with Crippen molar-refractivity contribution in [1.29, 1.82) is 0 Å². The number of hydrogen-bond acceptors (Lipinski definition) is 6. The summed E-state index contributed by atoms with van der Waals surface area (Å²) in [5.74, 6) is 1.15. The topological polar surface area (TPSA) is 75.2 Å². The third-order valence-corrected chi connectivity index (χ3v) is 7.63. The third-order valence-electron chi connectivity index (χ3n) is 6.02. The maximum Gasteiger partial charge on any atom is 0.433 e. The van der Waals surface area contributed by atoms with Gasteiger partial charge in [-0.25, -0.2) is 18.4 Å². The fourth-order valence-corrected chi connectivity index (χ4v) is 5.85. The molecule has 3 atom stereocenters. The van der Waals surface area contributed by atoms with Gasteiger partial charge in [0.1, 0.15) is 0 Å². The van der Waals surface area contributed by atoms with Crippen molar-refractivity contribution in [3.05, 3.63) is 17.5 Å². The first kappa shape index (κ1) is 21.6. The van der Waals surface area contributed by atoms with Crippen LogP contribution in [0.4, 0.5) is 19.1 Å². The van der Waals surface area contributed by atoms with Gasteiger partial charge in [-0.1, -0.05) is 6.42 Å². The Morgan fingerprint density at radius 3 is 2.46 bits per heavy atom. The fraction of sp³-hybridized carbons (Fsp3) is 0.765. The van der Waals surface area contributed by atoms with Crippen molar-refractivity contribution < 1.29 is 21.6 Å². The molecule has 0 amide bonds. The number of halogens is 4. The Balaban J connectivity index is 0.00000225. The lowest BCUT2D eigenvalue weighted by molar-refractivity contribution is -0.142. The first-order chi connectivity index (χ1) is 12.7. The SMILES string of the molecule is Cl.O=S1(=O)CCN(Cc2cnc(N[C@@H]3C[C@H]4CC[C@@H]3C4)nc2C(F)(F)F)CC1. The first-order valence-electron chi connectivity index (χ1n) is 9.32. The van der Waals surface area contributed by atoms with E-state index in [9.17, 15) is 21.6 Å². The molecule has 1 saturated heterocycles. The quantitative estimate of drug-likeness (QED) is 0.776. The van der Waals surface area contributed by atoms with E-state index >= 15 is 0 Å². The van der Waals surface area contributed by atoms with Gasteiger partial charge in [-0.2, -0.15) is 13.2 Å². The lowest BCUT2D eigenvalue weighted by Crippen LogP contribution is -2.40. The zero-order valence-corrected chi connectivity index (χ0v) is 16.9. The van der Waals surface area contributed by atoms with Crippen molar-refractivity contribution in [3.8, 4) is 0 Å². The highest BCUT2D eigenvalue weighted by Crippen LogP contribution is 2.45. The molecule has 1 aromatic heterocycles. The maximum atomic E-state index is 13.5. The van der Waals surface area contributed by atoms with Gasteiger partial charge in [0.25, 0.3) is 0 Å². The number of sulfone groups is 1. The van der Waals surface area contributed by atoms with Crippen LogP contribution in [0.1, 0.15) is 36.9 Å². The molecule has 2 bridgehead atoms. The van der Waals surface area contributed by atoms with Crippen molar-refractivity contribution in [3.63, 3.8) is 0 Å². The number of fused-ring (bicyclic) bond motifs is 2. The molecule has 0 unspecified atom stereocenters. The van der Waals surface area contributed by atoms with E-state index in [2.05, 4.69) is 15.3 Å². The van der Waals surface area contributed by atoms with Gasteiger partial charge in [0, 0.05) is 37.4 Å². The maximum absolute atomic E-state index is 13.5. The zero-order valence-electron chi connectivity index (χ0n) is 15.3. The lowest BCUT2D eigenvalue weighted by atomic mass is 9.95. The molecule has 4 rings (SSSR count). The molecule has 1 aliphatic heterocycles. The average Bonchev–Trinajstić information content (AvgIpc) is 3.20. The number of hydrogen-bond donors (Lipinski definition) is 1. The summed E-state index contributed by atoms with van der Waals surface area (Å²) in [4.78, 5) is 9.63. The number of nitrogens with zero attached hydrogens (tertiary/aromatic N) is 3. The predicted octanol–water partition coefficient (Wildman–Crippen LogP) is 2.75. The average molecular weight is 441 g/mol. The number of anilines is 1. The van der Waals surface area contributed by atoms with Crippen LogP contribution >= 0.6 is 12.4 Å². The van der Waals surface area contributed by atoms with Crippen LogP contribution in [0.3, 0.4) is 0 Å². The molecule has 28 heavy (non-hydrogen) atoms. The molecule has 0 aromatic carbocycles. The summed E-state index contributed by atoms with van der Waals surface area (Å²) in [5.41, 5.74) is -0.947. The van der Waals surface area contributed by atoms with Gasteiger partial charge in [-0.05, 0) is 31.1 Å². The predicted molar refractivity (Wildman–Crippen MR) is 101 cm³/mol. The number of rotatable bonds is 4. The highest BCUT2D eigenvalue weighted by molar-refractivity contribution is 7.91. The van der Waals surface area contributed by atoms with Crippen molar-refractivity contribution >= 4 is 28.2 Å². The van der Waals surface area contributed by atoms with Crippen molar-refractivity contribution in [2.24, 2.45) is 11.8 Å². The van der Waals surface area contributed by atoms with Gasteiger partial charge in [-0.3, -0.25) is 4.90 Å². The van der Waals surface area contributed by atoms with Gasteiger partial charge < -0.3 is 5.32 Å². The Morgan fingerprint density at radius 1 is 1.18 bits per heavy atom. The van der Waals surface area contributed by atoms with Crippen LogP contribution in [0.2, 0.25) is 0 Å². The Hall–Kier alpha value is -1.13. The van der Waals surface area contributed by atoms with Crippen LogP contribution in [0, 0.1) is 11.8 Å². The van der Waals surface area contributed by atoms with E-state index in [1.165, 1.54) is 12.6 Å². The Morgan fingerprint density at radius 2 is 1.89 bits per heavy atom. The minimum Gasteiger partial charge on any atom is -0.351 e. The standard InChI is InChI=1S/C17H23F3N4O2S.ClH/c18-17(19,20)15-13(10-24-3-5-27(25,26)6-4-24)9-21-16(23-15)22-14-8-11-1-2-12(14)7-11;/h9,11-12,14H,1-8,10H2,(H,21,22,23);1H/t11-,12+,14+;/m0./s1. The van der Waals surface area contributed by atoms with Gasteiger partial charge in [0.15, 0.2) is 15.5 Å². The van der Waals surface area contributed by atoms with Gasteiger partial charge in [0.2, 0.25) is 5.95 Å². The molecule has 158 valence electrons. The van der Waals surface area contributed by atoms with Crippen LogP contribution in [-0.2, 0) is 22.6 Å². The van der Waals surface area contributed by atoms with E-state index < -0.39 is 21.7 Å². The molecule has 6 nitrogen and oxygen atoms in total. The van der Waals surface area contributed by atoms with Crippen molar-refractivity contribution in [2.75, 3.05) is 29.9 Å². The highest BCUT2D eigenvalue weighted by atomic mass is 35.5. The number of alkyl halides is 3. The molecule has 1 N–H and O–H groups in total. The number of aromatic nitrogens is 2. The molecule has 2 heterocycles. The highest BCUT2D eigenvalue weighted by Gasteiger charge is 2.41. The van der Waals surface area contributed by atoms with E-state index in [0.717, 1.165) is 19.3 Å². The van der Waals surface area contributed by atoms with E-state index in [1.54, 1.807) is 4.90 Å². The molecular weight excluding hydrogens is 417 g/mol. The summed E-state index contributed by atoms with van der Waals surface area (Å²) in [6, 6.07) is 0.156. The Bertz CT molecular complexity index is 807. The minimum atomic E-state index is -4.58. The fourth-order valence-electron chi connectivity index (χ4n) is 4.57. The largest absolute Gasteiger partial charge is 0.433 e. The van der Waals surface area contributed by atoms with Gasteiger partial charge in [-0.15, -0.1) is 12.4 Å². The number of nitrogens with one attached hydrogen (secondary N) is 1. The van der Waals surface area contributed by atoms with Crippen molar-refractivity contribution in [1.82, 2.24) is 14.9 Å². The summed E-state index contributed by atoms with van der Waals surface area (Å²) < 4.78 is 63.6. The summed E-state index contributed by atoms with van der Waals surface area (Å²) >= 11 is 0. The molecule has 0 spiro atoms. The van der Waals surface area contributed by atoms with Gasteiger partial charge in [0.05, 0.1) is 11.5 Å². The monoisotopic (exact) mass is 440 g/mol. The van der Waals surface area contributed by atoms with Crippen LogP contribution in [0.5, 0.6) is 0 Å². The van der Waals surface area contributed by atoms with E-state index in [-0.39, 0.29) is 61.1 Å².